The summed E-state index contributed by atoms with van der Waals surface area (Å²) in [6, 6.07) is 15.8. The third-order valence-corrected chi connectivity index (χ3v) is 6.05. The van der Waals surface area contributed by atoms with Crippen LogP contribution in [0.5, 0.6) is 0 Å². The second kappa shape index (κ2) is 9.62. The zero-order chi connectivity index (χ0) is 21.8. The number of ether oxygens (including phenoxy) is 1. The van der Waals surface area contributed by atoms with E-state index in [2.05, 4.69) is 43.3 Å². The van der Waals surface area contributed by atoms with Crippen molar-refractivity contribution < 1.29 is 14.3 Å². The maximum Gasteiger partial charge on any atom is 0.254 e. The number of hydrogen-bond donors (Lipinski definition) is 0. The fraction of sp³-hybridized carbons (Fsp3) is 0.440. The topological polar surface area (TPSA) is 53.1 Å². The van der Waals surface area contributed by atoms with Crippen LogP contribution in [0.2, 0.25) is 0 Å². The first-order chi connectivity index (χ1) is 15.0. The van der Waals surface area contributed by atoms with Gasteiger partial charge in [0.1, 0.15) is 0 Å². The average Bonchev–Trinajstić information content (AvgIpc) is 3.29. The predicted octanol–water partition coefficient (Wildman–Crippen LogP) is 3.20. The second-order valence-electron chi connectivity index (χ2n) is 8.62. The number of likely N-dealkylation sites (tertiary alicyclic amines) is 1. The van der Waals surface area contributed by atoms with Crippen molar-refractivity contribution in [3.05, 3.63) is 70.8 Å². The van der Waals surface area contributed by atoms with Gasteiger partial charge >= 0.3 is 0 Å². The smallest absolute Gasteiger partial charge is 0.254 e. The summed E-state index contributed by atoms with van der Waals surface area (Å²) in [5.74, 6) is 0.0319. The molecule has 2 saturated heterocycles. The van der Waals surface area contributed by atoms with Crippen LogP contribution in [-0.4, -0.2) is 73.5 Å². The molecule has 1 unspecified atom stereocenters. The van der Waals surface area contributed by atoms with E-state index >= 15 is 0 Å². The van der Waals surface area contributed by atoms with Crippen LogP contribution in [0.25, 0.3) is 0 Å². The molecule has 164 valence electrons. The number of benzene rings is 2. The molecule has 31 heavy (non-hydrogen) atoms. The van der Waals surface area contributed by atoms with Crippen molar-refractivity contribution in [3.63, 3.8) is 0 Å². The van der Waals surface area contributed by atoms with E-state index in [1.807, 2.05) is 4.90 Å². The molecule has 0 N–H and O–H groups in total. The van der Waals surface area contributed by atoms with Crippen LogP contribution in [0.4, 0.5) is 0 Å². The van der Waals surface area contributed by atoms with E-state index < -0.39 is 0 Å². The van der Waals surface area contributed by atoms with Crippen molar-refractivity contribution in [2.24, 2.45) is 0 Å². The van der Waals surface area contributed by atoms with Crippen LogP contribution >= 0.6 is 0 Å². The van der Waals surface area contributed by atoms with Gasteiger partial charge in [-0.1, -0.05) is 24.3 Å². The molecule has 2 amide bonds. The Labute approximate surface area is 184 Å². The summed E-state index contributed by atoms with van der Waals surface area (Å²) >= 11 is 0. The van der Waals surface area contributed by atoms with E-state index in [4.69, 9.17) is 4.74 Å². The van der Waals surface area contributed by atoms with E-state index in [1.54, 1.807) is 29.2 Å². The van der Waals surface area contributed by atoms with Gasteiger partial charge in [0.05, 0.1) is 19.3 Å². The van der Waals surface area contributed by atoms with Crippen molar-refractivity contribution in [2.75, 3.05) is 46.9 Å². The molecule has 0 spiro atoms. The molecule has 0 radical (unpaired) electrons. The zero-order valence-electron chi connectivity index (χ0n) is 18.4. The Bertz CT molecular complexity index is 903. The molecule has 0 aromatic heterocycles. The van der Waals surface area contributed by atoms with E-state index in [9.17, 15) is 9.59 Å². The Hall–Kier alpha value is -2.70. The van der Waals surface area contributed by atoms with Gasteiger partial charge in [-0.25, -0.2) is 0 Å². The molecule has 2 aromatic carbocycles. The van der Waals surface area contributed by atoms with Crippen molar-refractivity contribution >= 4 is 11.8 Å². The predicted molar refractivity (Wildman–Crippen MR) is 120 cm³/mol. The fourth-order valence-electron chi connectivity index (χ4n) is 4.44. The van der Waals surface area contributed by atoms with E-state index in [0.717, 1.165) is 25.9 Å². The SMILES string of the molecule is CN(C)Cc1ccc(C2CCCN2C(=O)c2ccc(C(=O)N3CCOCC3)cc2)cc1. The highest BCUT2D eigenvalue weighted by atomic mass is 16.5. The molecule has 0 aliphatic carbocycles. The minimum absolute atomic E-state index is 0.000776. The van der Waals surface area contributed by atoms with Crippen molar-refractivity contribution in [1.29, 1.82) is 0 Å². The highest BCUT2D eigenvalue weighted by molar-refractivity contribution is 5.98. The monoisotopic (exact) mass is 421 g/mol. The first-order valence-electron chi connectivity index (χ1n) is 11.0. The molecule has 2 aromatic rings. The van der Waals surface area contributed by atoms with Crippen molar-refractivity contribution in [3.8, 4) is 0 Å². The molecule has 4 rings (SSSR count). The van der Waals surface area contributed by atoms with Gasteiger partial charge in [-0.15, -0.1) is 0 Å². The molecule has 6 nitrogen and oxygen atoms in total. The lowest BCUT2D eigenvalue weighted by Gasteiger charge is -2.27. The van der Waals surface area contributed by atoms with Crippen LogP contribution in [0, 0.1) is 0 Å². The number of nitrogens with zero attached hydrogens (tertiary/aromatic N) is 3. The summed E-state index contributed by atoms with van der Waals surface area (Å²) in [6.07, 6.45) is 1.98. The largest absolute Gasteiger partial charge is 0.378 e. The quantitative estimate of drug-likeness (QED) is 0.744. The Morgan fingerprint density at radius 3 is 2.13 bits per heavy atom. The van der Waals surface area contributed by atoms with Gasteiger partial charge in [-0.3, -0.25) is 9.59 Å². The molecule has 2 heterocycles. The standard InChI is InChI=1S/C25H31N3O3/c1-26(2)18-19-5-7-20(8-6-19)23-4-3-13-28(23)25(30)22-11-9-21(10-12-22)24(29)27-14-16-31-17-15-27/h5-12,23H,3-4,13-18H2,1-2H3. The number of morpholine rings is 1. The molecule has 6 heteroatoms. The van der Waals surface area contributed by atoms with Crippen LogP contribution in [0.15, 0.2) is 48.5 Å². The normalized spacial score (nSPS) is 19.1. The van der Waals surface area contributed by atoms with Crippen molar-refractivity contribution in [1.82, 2.24) is 14.7 Å². The number of carbonyl (C=O) groups is 2. The number of amides is 2. The first-order valence-corrected chi connectivity index (χ1v) is 11.0. The highest BCUT2D eigenvalue weighted by Crippen LogP contribution is 2.33. The lowest BCUT2D eigenvalue weighted by atomic mass is 10.0. The number of carbonyl (C=O) groups excluding carboxylic acids is 2. The molecule has 0 saturated carbocycles. The van der Waals surface area contributed by atoms with E-state index in [0.29, 0.717) is 37.4 Å². The van der Waals surface area contributed by atoms with Gasteiger partial charge in [-0.05, 0) is 62.3 Å². The molecule has 2 fully saturated rings. The van der Waals surface area contributed by atoms with Crippen LogP contribution in [0.3, 0.4) is 0 Å². The minimum Gasteiger partial charge on any atom is -0.378 e. The molecule has 1 atom stereocenters. The molecular weight excluding hydrogens is 390 g/mol. The van der Waals surface area contributed by atoms with Gasteiger partial charge in [-0.2, -0.15) is 0 Å². The summed E-state index contributed by atoms with van der Waals surface area (Å²) in [6.45, 7) is 4.05. The van der Waals surface area contributed by atoms with Gasteiger partial charge in [0, 0.05) is 37.3 Å². The third-order valence-electron chi connectivity index (χ3n) is 6.05. The summed E-state index contributed by atoms with van der Waals surface area (Å²) < 4.78 is 5.32. The number of hydrogen-bond acceptors (Lipinski definition) is 4. The zero-order valence-corrected chi connectivity index (χ0v) is 18.4. The lowest BCUT2D eigenvalue weighted by Crippen LogP contribution is -2.40. The average molecular weight is 422 g/mol. The Morgan fingerprint density at radius 1 is 0.903 bits per heavy atom. The fourth-order valence-corrected chi connectivity index (χ4v) is 4.44. The van der Waals surface area contributed by atoms with Crippen LogP contribution in [0.1, 0.15) is 50.7 Å². The van der Waals surface area contributed by atoms with Gasteiger partial charge in [0.15, 0.2) is 0 Å². The summed E-state index contributed by atoms with van der Waals surface area (Å²) in [5, 5.41) is 0. The number of rotatable bonds is 5. The first kappa shape index (κ1) is 21.5. The Morgan fingerprint density at radius 2 is 1.52 bits per heavy atom. The maximum absolute atomic E-state index is 13.2. The lowest BCUT2D eigenvalue weighted by molar-refractivity contribution is 0.0303. The second-order valence-corrected chi connectivity index (χ2v) is 8.62. The third kappa shape index (κ3) is 4.97. The maximum atomic E-state index is 13.2. The summed E-state index contributed by atoms with van der Waals surface area (Å²) in [5.41, 5.74) is 3.71. The van der Waals surface area contributed by atoms with Crippen LogP contribution < -0.4 is 0 Å². The van der Waals surface area contributed by atoms with E-state index in [1.165, 1.54) is 11.1 Å². The minimum atomic E-state index is -0.000776. The summed E-state index contributed by atoms with van der Waals surface area (Å²) in [4.78, 5) is 31.8. The van der Waals surface area contributed by atoms with Crippen LogP contribution in [-0.2, 0) is 11.3 Å². The Kier molecular flexibility index (Phi) is 6.68. The molecule has 2 aliphatic rings. The molecular formula is C25H31N3O3. The van der Waals surface area contributed by atoms with E-state index in [-0.39, 0.29) is 17.9 Å². The molecule has 0 bridgehead atoms. The van der Waals surface area contributed by atoms with Gasteiger partial charge in [0.2, 0.25) is 0 Å². The van der Waals surface area contributed by atoms with Gasteiger partial charge < -0.3 is 19.4 Å². The molecule has 2 aliphatic heterocycles. The summed E-state index contributed by atoms with van der Waals surface area (Å²) in [7, 11) is 4.12. The Balaban J connectivity index is 1.45. The van der Waals surface area contributed by atoms with Gasteiger partial charge in [0.25, 0.3) is 11.8 Å². The highest BCUT2D eigenvalue weighted by Gasteiger charge is 2.30. The van der Waals surface area contributed by atoms with Crippen molar-refractivity contribution in [2.45, 2.75) is 25.4 Å².